The molecular weight excluding hydrogens is 414 g/mol. The summed E-state index contributed by atoms with van der Waals surface area (Å²) >= 11 is 0. The summed E-state index contributed by atoms with van der Waals surface area (Å²) in [6.07, 6.45) is 6.64. The van der Waals surface area contributed by atoms with Crippen molar-refractivity contribution in [2.75, 3.05) is 27.2 Å². The Balaban J connectivity index is 0.000000328. The Hall–Kier alpha value is -2.86. The molecule has 0 unspecified atom stereocenters. The molecule has 0 radical (unpaired) electrons. The molecule has 0 fully saturated rings. The third-order valence-corrected chi connectivity index (χ3v) is 5.34. The van der Waals surface area contributed by atoms with Crippen LogP contribution in [0.4, 0.5) is 0 Å². The molecule has 3 rings (SSSR count). The van der Waals surface area contributed by atoms with E-state index in [0.29, 0.717) is 6.61 Å². The van der Waals surface area contributed by atoms with Gasteiger partial charge in [-0.2, -0.15) is 0 Å². The second-order valence-corrected chi connectivity index (χ2v) is 8.66. The zero-order valence-electron chi connectivity index (χ0n) is 20.4. The zero-order valence-corrected chi connectivity index (χ0v) is 20.4. The largest absolute Gasteiger partial charge is 0.550 e. The van der Waals surface area contributed by atoms with Gasteiger partial charge in [-0.15, -0.1) is 5.10 Å². The van der Waals surface area contributed by atoms with Crippen molar-refractivity contribution in [2.24, 2.45) is 0 Å². The molecule has 3 aromatic rings. The number of hydrogen-bond acceptors (Lipinski definition) is 4. The van der Waals surface area contributed by atoms with Crippen LogP contribution < -0.4 is 14.7 Å². The van der Waals surface area contributed by atoms with E-state index in [4.69, 9.17) is 4.74 Å². The third kappa shape index (κ3) is 10.1. The van der Waals surface area contributed by atoms with Crippen LogP contribution in [0.1, 0.15) is 57.4 Å². The number of aromatic nitrogens is 2. The number of para-hydroxylation sites is 1. The monoisotopic (exact) mass is 453 g/mol. The number of rotatable bonds is 13. The van der Waals surface area contributed by atoms with Gasteiger partial charge in [-0.05, 0) is 30.5 Å². The fraction of sp³-hybridized carbons (Fsp3) is 0.481. The van der Waals surface area contributed by atoms with Crippen molar-refractivity contribution in [3.05, 3.63) is 60.2 Å². The molecule has 0 spiro atoms. The lowest BCUT2D eigenvalue weighted by molar-refractivity contribution is -0.858. The maximum Gasteiger partial charge on any atom is 0.240 e. The molecule has 33 heavy (non-hydrogen) atoms. The van der Waals surface area contributed by atoms with Crippen molar-refractivity contribution in [1.29, 1.82) is 0 Å². The van der Waals surface area contributed by atoms with Crippen LogP contribution in [-0.4, -0.2) is 43.0 Å². The van der Waals surface area contributed by atoms with Crippen LogP contribution >= 0.6 is 0 Å². The predicted molar refractivity (Wildman–Crippen MR) is 131 cm³/mol. The van der Waals surface area contributed by atoms with Crippen LogP contribution in [0.15, 0.2) is 54.6 Å². The second-order valence-electron chi connectivity index (χ2n) is 8.66. The fourth-order valence-corrected chi connectivity index (χ4v) is 3.55. The summed E-state index contributed by atoms with van der Waals surface area (Å²) in [5.74, 6) is -0.179. The summed E-state index contributed by atoms with van der Waals surface area (Å²) in [6, 6.07) is 18.7. The van der Waals surface area contributed by atoms with Gasteiger partial charge in [0.05, 0.1) is 44.7 Å². The van der Waals surface area contributed by atoms with E-state index in [0.717, 1.165) is 55.6 Å². The molecule has 0 atom stereocenters. The molecule has 0 bridgehead atoms. The SMILES string of the molecule is CCCCCCCC(=O)[O-].C[NH+](C)CCCOc1nn(Cc2ccccc2)c2ccccc12. The highest BCUT2D eigenvalue weighted by Crippen LogP contribution is 2.25. The number of benzene rings is 2. The van der Waals surface area contributed by atoms with Gasteiger partial charge >= 0.3 is 0 Å². The number of ether oxygens (including phenoxy) is 1. The number of carboxylic acid groups (broad SMARTS) is 1. The van der Waals surface area contributed by atoms with Gasteiger partial charge in [-0.25, -0.2) is 0 Å². The molecule has 1 N–H and O–H groups in total. The molecule has 0 saturated heterocycles. The Kier molecular flexibility index (Phi) is 12.0. The van der Waals surface area contributed by atoms with E-state index in [1.807, 2.05) is 22.9 Å². The number of carbonyl (C=O) groups excluding carboxylic acids is 1. The van der Waals surface area contributed by atoms with E-state index in [1.165, 1.54) is 23.3 Å². The summed E-state index contributed by atoms with van der Waals surface area (Å²) in [7, 11) is 4.31. The van der Waals surface area contributed by atoms with Crippen molar-refractivity contribution in [2.45, 2.75) is 58.4 Å². The molecule has 0 amide bonds. The van der Waals surface area contributed by atoms with Crippen LogP contribution in [0.25, 0.3) is 10.9 Å². The van der Waals surface area contributed by atoms with Crippen molar-refractivity contribution < 1.29 is 19.5 Å². The first-order valence-electron chi connectivity index (χ1n) is 12.1. The van der Waals surface area contributed by atoms with Gasteiger partial charge < -0.3 is 19.5 Å². The minimum atomic E-state index is -0.920. The first-order chi connectivity index (χ1) is 16.0. The normalized spacial score (nSPS) is 10.8. The number of hydrogen-bond donors (Lipinski definition) is 1. The molecule has 1 heterocycles. The summed E-state index contributed by atoms with van der Waals surface area (Å²) < 4.78 is 7.97. The van der Waals surface area contributed by atoms with Crippen molar-refractivity contribution in [3.8, 4) is 5.88 Å². The summed E-state index contributed by atoms with van der Waals surface area (Å²) in [5.41, 5.74) is 2.35. The van der Waals surface area contributed by atoms with Gasteiger partial charge in [-0.1, -0.05) is 75.1 Å². The summed E-state index contributed by atoms with van der Waals surface area (Å²) in [6.45, 7) is 4.70. The molecule has 2 aromatic carbocycles. The standard InChI is InChI=1S/C19H23N3O.C8H16O2/c1-21(2)13-8-14-23-19-17-11-6-7-12-18(17)22(20-19)15-16-9-4-3-5-10-16;1-2-3-4-5-6-7-8(9)10/h3-7,9-12H,8,13-15H2,1-2H3;2-7H2,1H3,(H,9,10). The quantitative estimate of drug-likeness (QED) is 0.404. The number of nitrogens with zero attached hydrogens (tertiary/aromatic N) is 2. The molecule has 0 saturated carbocycles. The van der Waals surface area contributed by atoms with Crippen molar-refractivity contribution >= 4 is 16.9 Å². The average molecular weight is 454 g/mol. The maximum atomic E-state index is 9.92. The van der Waals surface area contributed by atoms with E-state index < -0.39 is 5.97 Å². The number of carbonyl (C=O) groups is 1. The van der Waals surface area contributed by atoms with Crippen LogP contribution in [0.2, 0.25) is 0 Å². The fourth-order valence-electron chi connectivity index (χ4n) is 3.55. The number of aliphatic carboxylic acids is 1. The van der Waals surface area contributed by atoms with Crippen LogP contribution in [0, 0.1) is 0 Å². The molecule has 1 aromatic heterocycles. The molecule has 0 aliphatic heterocycles. The average Bonchev–Trinajstić information content (AvgIpc) is 3.15. The third-order valence-electron chi connectivity index (χ3n) is 5.34. The molecule has 0 aliphatic carbocycles. The molecule has 6 heteroatoms. The summed E-state index contributed by atoms with van der Waals surface area (Å²) in [4.78, 5) is 11.4. The minimum absolute atomic E-state index is 0.226. The smallest absolute Gasteiger partial charge is 0.240 e. The molecule has 180 valence electrons. The first-order valence-corrected chi connectivity index (χ1v) is 12.1. The number of nitrogens with one attached hydrogen (secondary N) is 1. The van der Waals surface area contributed by atoms with Crippen LogP contribution in [0.5, 0.6) is 5.88 Å². The number of unbranched alkanes of at least 4 members (excludes halogenated alkanes) is 4. The van der Waals surface area contributed by atoms with E-state index in [-0.39, 0.29) is 6.42 Å². The Morgan fingerprint density at radius 2 is 1.67 bits per heavy atom. The van der Waals surface area contributed by atoms with Gasteiger partial charge in [0.15, 0.2) is 0 Å². The Labute approximate surface area is 198 Å². The molecule has 0 aliphatic rings. The zero-order chi connectivity index (χ0) is 23.9. The van der Waals surface area contributed by atoms with E-state index >= 15 is 0 Å². The highest BCUT2D eigenvalue weighted by atomic mass is 16.5. The molecule has 6 nitrogen and oxygen atoms in total. The highest BCUT2D eigenvalue weighted by molar-refractivity contribution is 5.84. The second kappa shape index (κ2) is 15.1. The van der Waals surface area contributed by atoms with Gasteiger partial charge in [-0.3, -0.25) is 4.68 Å². The Morgan fingerprint density at radius 1 is 0.970 bits per heavy atom. The van der Waals surface area contributed by atoms with E-state index in [2.05, 4.69) is 62.5 Å². The van der Waals surface area contributed by atoms with Crippen LogP contribution in [-0.2, 0) is 11.3 Å². The lowest BCUT2D eigenvalue weighted by Gasteiger charge is -2.07. The van der Waals surface area contributed by atoms with Crippen molar-refractivity contribution in [1.82, 2.24) is 9.78 Å². The number of quaternary nitrogens is 1. The van der Waals surface area contributed by atoms with Crippen LogP contribution in [0.3, 0.4) is 0 Å². The lowest BCUT2D eigenvalue weighted by atomic mass is 10.1. The van der Waals surface area contributed by atoms with E-state index in [9.17, 15) is 9.90 Å². The van der Waals surface area contributed by atoms with E-state index in [1.54, 1.807) is 0 Å². The minimum Gasteiger partial charge on any atom is -0.550 e. The van der Waals surface area contributed by atoms with Gasteiger partial charge in [0.2, 0.25) is 5.88 Å². The molecular formula is C27H39N3O3. The maximum absolute atomic E-state index is 9.92. The topological polar surface area (TPSA) is 71.6 Å². The predicted octanol–water partition coefficient (Wildman–Crippen LogP) is 3.09. The summed E-state index contributed by atoms with van der Waals surface area (Å²) in [5, 5.41) is 15.7. The first kappa shape index (κ1) is 26.4. The Bertz CT molecular complexity index is 938. The Morgan fingerprint density at radius 3 is 2.36 bits per heavy atom. The highest BCUT2D eigenvalue weighted by Gasteiger charge is 2.11. The number of fused-ring (bicyclic) bond motifs is 1. The number of carboxylic acids is 1. The lowest BCUT2D eigenvalue weighted by Crippen LogP contribution is -3.05. The van der Waals surface area contributed by atoms with Crippen molar-refractivity contribution in [3.63, 3.8) is 0 Å². The van der Waals surface area contributed by atoms with Gasteiger partial charge in [0.1, 0.15) is 0 Å². The van der Waals surface area contributed by atoms with Gasteiger partial charge in [0.25, 0.3) is 0 Å². The van der Waals surface area contributed by atoms with Gasteiger partial charge in [0, 0.05) is 12.4 Å².